The quantitative estimate of drug-likeness (QED) is 0.780. The molecule has 1 rings (SSSR count). The fourth-order valence-corrected chi connectivity index (χ4v) is 2.98. The molecule has 1 saturated heterocycles. The number of ketones is 1. The molecule has 0 aromatic rings. The average molecular weight is 360 g/mol. The van der Waals surface area contributed by atoms with Gasteiger partial charge in [-0.15, -0.1) is 0 Å². The summed E-state index contributed by atoms with van der Waals surface area (Å²) in [7, 11) is -1.86. The summed E-state index contributed by atoms with van der Waals surface area (Å²) < 4.78 is 17.0. The van der Waals surface area contributed by atoms with Gasteiger partial charge in [0.05, 0.1) is 19.3 Å². The van der Waals surface area contributed by atoms with Crippen LogP contribution in [0.2, 0.25) is 18.1 Å². The highest BCUT2D eigenvalue weighted by molar-refractivity contribution is 6.74. The van der Waals surface area contributed by atoms with Crippen LogP contribution in [0.5, 0.6) is 0 Å². The SMILES string of the molecule is CC(C)(C)OC(=O)N[C@H]1CO[C@H](CO[Si](C)(C)C(C)(C)C)CC1=O. The maximum Gasteiger partial charge on any atom is 0.408 e. The third kappa shape index (κ3) is 6.53. The minimum absolute atomic E-state index is 0.0454. The molecular formula is C17H33NO5Si. The van der Waals surface area contributed by atoms with Gasteiger partial charge in [-0.2, -0.15) is 0 Å². The molecule has 7 heteroatoms. The van der Waals surface area contributed by atoms with Crippen molar-refractivity contribution >= 4 is 20.2 Å². The Morgan fingerprint density at radius 2 is 1.83 bits per heavy atom. The van der Waals surface area contributed by atoms with Crippen molar-refractivity contribution in [2.24, 2.45) is 0 Å². The third-order valence-corrected chi connectivity index (χ3v) is 8.94. The molecule has 140 valence electrons. The van der Waals surface area contributed by atoms with Gasteiger partial charge in [-0.1, -0.05) is 20.8 Å². The molecule has 0 unspecified atom stereocenters. The van der Waals surface area contributed by atoms with Crippen molar-refractivity contribution < 1.29 is 23.5 Å². The number of carbonyl (C=O) groups excluding carboxylic acids is 2. The maximum atomic E-state index is 12.2. The number of carbonyl (C=O) groups is 2. The standard InChI is InChI=1S/C17H33NO5Si/c1-16(2,3)23-15(20)18-13-11-21-12(9-14(13)19)10-22-24(7,8)17(4,5)6/h12-13H,9-11H2,1-8H3,(H,18,20)/t12-,13-/m0/s1. The second-order valence-corrected chi connectivity index (χ2v) is 13.7. The molecule has 6 nitrogen and oxygen atoms in total. The second-order valence-electron chi connectivity index (χ2n) is 8.90. The number of amides is 1. The van der Waals surface area contributed by atoms with Gasteiger partial charge in [0.25, 0.3) is 0 Å². The van der Waals surface area contributed by atoms with Gasteiger partial charge >= 0.3 is 6.09 Å². The first-order valence-corrected chi connectivity index (χ1v) is 11.4. The Morgan fingerprint density at radius 3 is 2.29 bits per heavy atom. The first-order valence-electron chi connectivity index (χ1n) is 8.49. The number of ether oxygens (including phenoxy) is 2. The highest BCUT2D eigenvalue weighted by atomic mass is 28.4. The van der Waals surface area contributed by atoms with Crippen molar-refractivity contribution in [2.45, 2.75) is 83.8 Å². The van der Waals surface area contributed by atoms with Crippen LogP contribution < -0.4 is 5.32 Å². The molecule has 1 N–H and O–H groups in total. The summed E-state index contributed by atoms with van der Waals surface area (Å²) in [6, 6.07) is -0.649. The lowest BCUT2D eigenvalue weighted by molar-refractivity contribution is -0.133. The molecule has 0 radical (unpaired) electrons. The van der Waals surface area contributed by atoms with Gasteiger partial charge in [-0.25, -0.2) is 4.79 Å². The van der Waals surface area contributed by atoms with Crippen molar-refractivity contribution in [3.05, 3.63) is 0 Å². The van der Waals surface area contributed by atoms with Crippen LogP contribution in [0.15, 0.2) is 0 Å². The Kier molecular flexibility index (Phi) is 6.63. The lowest BCUT2D eigenvalue weighted by Crippen LogP contribution is -2.52. The fraction of sp³-hybridized carbons (Fsp3) is 0.882. The topological polar surface area (TPSA) is 73.9 Å². The predicted octanol–water partition coefficient (Wildman–Crippen LogP) is 3.26. The van der Waals surface area contributed by atoms with Crippen molar-refractivity contribution in [3.8, 4) is 0 Å². The molecule has 24 heavy (non-hydrogen) atoms. The smallest absolute Gasteiger partial charge is 0.408 e. The number of hydrogen-bond acceptors (Lipinski definition) is 5. The number of nitrogens with one attached hydrogen (secondary N) is 1. The highest BCUT2D eigenvalue weighted by Crippen LogP contribution is 2.36. The molecule has 0 spiro atoms. The van der Waals surface area contributed by atoms with Gasteiger partial charge in [-0.3, -0.25) is 4.79 Å². The van der Waals surface area contributed by atoms with E-state index in [9.17, 15) is 9.59 Å². The van der Waals surface area contributed by atoms with Gasteiger partial charge in [0.2, 0.25) is 0 Å². The minimum Gasteiger partial charge on any atom is -0.444 e. The highest BCUT2D eigenvalue weighted by Gasteiger charge is 2.39. The maximum absolute atomic E-state index is 12.2. The van der Waals surface area contributed by atoms with E-state index in [1.807, 2.05) is 0 Å². The summed E-state index contributed by atoms with van der Waals surface area (Å²) in [5, 5.41) is 2.69. The summed E-state index contributed by atoms with van der Waals surface area (Å²) in [5.41, 5.74) is -0.595. The first-order chi connectivity index (χ1) is 10.7. The zero-order chi connectivity index (χ0) is 18.8. The number of alkyl carbamates (subject to hydrolysis) is 1. The first kappa shape index (κ1) is 21.1. The molecule has 0 aromatic heterocycles. The van der Waals surface area contributed by atoms with Gasteiger partial charge in [0.15, 0.2) is 14.1 Å². The second kappa shape index (κ2) is 7.54. The Bertz CT molecular complexity index is 465. The van der Waals surface area contributed by atoms with Crippen LogP contribution in [-0.4, -0.2) is 51.2 Å². The molecule has 0 aromatic carbocycles. The normalized spacial score (nSPS) is 23.1. The van der Waals surface area contributed by atoms with Crippen LogP contribution in [0.25, 0.3) is 0 Å². The zero-order valence-electron chi connectivity index (χ0n) is 16.3. The molecule has 0 bridgehead atoms. The molecule has 1 fully saturated rings. The molecule has 1 heterocycles. The number of Topliss-reactive ketones (excluding diaryl/α,β-unsaturated/α-hetero) is 1. The third-order valence-electron chi connectivity index (χ3n) is 4.44. The molecule has 1 amide bonds. The predicted molar refractivity (Wildman–Crippen MR) is 95.7 cm³/mol. The van der Waals surface area contributed by atoms with E-state index in [2.05, 4.69) is 39.2 Å². The minimum atomic E-state index is -1.86. The Morgan fingerprint density at radius 1 is 1.25 bits per heavy atom. The van der Waals surface area contributed by atoms with E-state index in [0.29, 0.717) is 6.61 Å². The number of hydrogen-bond donors (Lipinski definition) is 1. The van der Waals surface area contributed by atoms with Crippen LogP contribution in [-0.2, 0) is 18.7 Å². The van der Waals surface area contributed by atoms with Crippen LogP contribution in [0, 0.1) is 0 Å². The van der Waals surface area contributed by atoms with E-state index in [1.54, 1.807) is 20.8 Å². The van der Waals surface area contributed by atoms with Crippen LogP contribution >= 0.6 is 0 Å². The van der Waals surface area contributed by atoms with Gasteiger partial charge < -0.3 is 19.2 Å². The van der Waals surface area contributed by atoms with Gasteiger partial charge in [0.1, 0.15) is 11.6 Å². The van der Waals surface area contributed by atoms with Gasteiger partial charge in [0, 0.05) is 6.42 Å². The summed E-state index contributed by atoms with van der Waals surface area (Å²) in [6.45, 7) is 16.8. The molecule has 0 aliphatic carbocycles. The van der Waals surface area contributed by atoms with Crippen molar-refractivity contribution in [3.63, 3.8) is 0 Å². The number of rotatable bonds is 4. The fourth-order valence-electron chi connectivity index (χ4n) is 1.95. The molecule has 0 saturated carbocycles. The lowest BCUT2D eigenvalue weighted by Gasteiger charge is -2.38. The lowest BCUT2D eigenvalue weighted by atomic mass is 10.0. The molecule has 1 aliphatic heterocycles. The van der Waals surface area contributed by atoms with Crippen molar-refractivity contribution in [2.75, 3.05) is 13.2 Å². The molecule has 2 atom stereocenters. The van der Waals surface area contributed by atoms with E-state index in [1.165, 1.54) is 0 Å². The summed E-state index contributed by atoms with van der Waals surface area (Å²) in [6.07, 6.45) is -0.599. The van der Waals surface area contributed by atoms with Crippen molar-refractivity contribution in [1.29, 1.82) is 0 Å². The average Bonchev–Trinajstić information content (AvgIpc) is 2.36. The Hall–Kier alpha value is -0.923. The summed E-state index contributed by atoms with van der Waals surface area (Å²) in [4.78, 5) is 24.0. The molecule has 1 aliphatic rings. The van der Waals surface area contributed by atoms with E-state index >= 15 is 0 Å². The van der Waals surface area contributed by atoms with E-state index in [0.717, 1.165) is 0 Å². The monoisotopic (exact) mass is 359 g/mol. The largest absolute Gasteiger partial charge is 0.444 e. The zero-order valence-corrected chi connectivity index (χ0v) is 17.3. The Balaban J connectivity index is 2.46. The van der Waals surface area contributed by atoms with Crippen LogP contribution in [0.3, 0.4) is 0 Å². The van der Waals surface area contributed by atoms with Crippen molar-refractivity contribution in [1.82, 2.24) is 5.32 Å². The van der Waals surface area contributed by atoms with Crippen LogP contribution in [0.4, 0.5) is 4.79 Å². The van der Waals surface area contributed by atoms with E-state index < -0.39 is 26.1 Å². The van der Waals surface area contributed by atoms with E-state index in [4.69, 9.17) is 13.9 Å². The molecular weight excluding hydrogens is 326 g/mol. The van der Waals surface area contributed by atoms with Gasteiger partial charge in [-0.05, 0) is 38.9 Å². The van der Waals surface area contributed by atoms with Crippen LogP contribution in [0.1, 0.15) is 48.0 Å². The summed E-state index contributed by atoms with van der Waals surface area (Å²) in [5.74, 6) is -0.0454. The summed E-state index contributed by atoms with van der Waals surface area (Å²) >= 11 is 0. The Labute approximate surface area is 146 Å². The van der Waals surface area contributed by atoms with E-state index in [-0.39, 0.29) is 30.0 Å².